The van der Waals surface area contributed by atoms with Crippen LogP contribution in [0.15, 0.2) is 12.2 Å². The highest BCUT2D eigenvalue weighted by Gasteiger charge is 2.55. The van der Waals surface area contributed by atoms with Crippen molar-refractivity contribution in [3.63, 3.8) is 0 Å². The van der Waals surface area contributed by atoms with Crippen molar-refractivity contribution in [3.05, 3.63) is 12.2 Å². The van der Waals surface area contributed by atoms with Crippen LogP contribution >= 0.6 is 0 Å². The van der Waals surface area contributed by atoms with E-state index >= 15 is 0 Å². The molecule has 0 heterocycles. The van der Waals surface area contributed by atoms with E-state index in [9.17, 15) is 0 Å². The van der Waals surface area contributed by atoms with Crippen LogP contribution in [0.2, 0.25) is 18.1 Å². The first-order chi connectivity index (χ1) is 10.9. The molecule has 2 aliphatic carbocycles. The average Bonchev–Trinajstić information content (AvgIpc) is 2.49. The highest BCUT2D eigenvalue weighted by atomic mass is 28.4. The Bertz CT molecular complexity index is 476. The van der Waals surface area contributed by atoms with Gasteiger partial charge in [-0.2, -0.15) is 0 Å². The highest BCUT2D eigenvalue weighted by Crippen LogP contribution is 2.57. The van der Waals surface area contributed by atoms with E-state index in [0.717, 1.165) is 32.1 Å². The smallest absolute Gasteiger partial charge is 0.192 e. The summed E-state index contributed by atoms with van der Waals surface area (Å²) in [5.74, 6) is -0.0407. The van der Waals surface area contributed by atoms with E-state index in [4.69, 9.17) is 13.9 Å². The zero-order chi connectivity index (χ0) is 18.4. The van der Waals surface area contributed by atoms with Crippen molar-refractivity contribution in [1.29, 1.82) is 0 Å². The fraction of sp³-hybridized carbons (Fsp3) is 0.900. The van der Waals surface area contributed by atoms with Gasteiger partial charge in [-0.1, -0.05) is 39.8 Å². The summed E-state index contributed by atoms with van der Waals surface area (Å²) in [6.07, 6.45) is 5.37. The molecule has 0 unspecified atom stereocenters. The van der Waals surface area contributed by atoms with Gasteiger partial charge in [-0.15, -0.1) is 0 Å². The molecule has 0 aromatic carbocycles. The maximum absolute atomic E-state index is 6.92. The van der Waals surface area contributed by atoms with Crippen molar-refractivity contribution >= 4 is 8.32 Å². The van der Waals surface area contributed by atoms with Crippen LogP contribution in [0.1, 0.15) is 59.8 Å². The predicted octanol–water partition coefficient (Wildman–Crippen LogP) is 5.52. The van der Waals surface area contributed by atoms with Crippen LogP contribution < -0.4 is 0 Å². The van der Waals surface area contributed by atoms with Gasteiger partial charge in [-0.3, -0.25) is 0 Å². The van der Waals surface area contributed by atoms with Gasteiger partial charge in [0.15, 0.2) is 14.1 Å². The standard InChI is InChI=1S/C20H38O3Si/c1-15-10-11-17(23-24(8,9)18(2,3)4)19(5)12-13-20(21-6,22-7)14-16(15)19/h16-17H,1,10-14H2,2-9H3/t16-,17+,19+/m1/s1. The van der Waals surface area contributed by atoms with Crippen LogP contribution in [-0.4, -0.2) is 34.4 Å². The van der Waals surface area contributed by atoms with Gasteiger partial charge in [0.25, 0.3) is 0 Å². The summed E-state index contributed by atoms with van der Waals surface area (Å²) in [7, 11) is 1.75. The second-order valence-electron chi connectivity index (χ2n) is 9.65. The Kier molecular flexibility index (Phi) is 5.48. The zero-order valence-electron chi connectivity index (χ0n) is 17.1. The molecule has 3 atom stereocenters. The second-order valence-corrected chi connectivity index (χ2v) is 14.4. The van der Waals surface area contributed by atoms with Crippen molar-refractivity contribution in [2.45, 2.75) is 89.8 Å². The molecule has 0 saturated heterocycles. The molecule has 0 aromatic heterocycles. The Morgan fingerprint density at radius 3 is 2.21 bits per heavy atom. The topological polar surface area (TPSA) is 27.7 Å². The Labute approximate surface area is 150 Å². The van der Waals surface area contributed by atoms with Crippen LogP contribution in [0.25, 0.3) is 0 Å². The van der Waals surface area contributed by atoms with E-state index in [2.05, 4.69) is 47.4 Å². The van der Waals surface area contributed by atoms with Gasteiger partial charge in [0.05, 0.1) is 6.10 Å². The molecule has 24 heavy (non-hydrogen) atoms. The molecule has 4 heteroatoms. The molecule has 0 aliphatic heterocycles. The maximum Gasteiger partial charge on any atom is 0.192 e. The number of methoxy groups -OCH3 is 2. The lowest BCUT2D eigenvalue weighted by Crippen LogP contribution is -2.57. The molecule has 2 rings (SSSR count). The van der Waals surface area contributed by atoms with Gasteiger partial charge in [-0.05, 0) is 48.7 Å². The molecule has 2 saturated carbocycles. The van der Waals surface area contributed by atoms with Crippen molar-refractivity contribution in [2.24, 2.45) is 11.3 Å². The summed E-state index contributed by atoms with van der Waals surface area (Å²) in [4.78, 5) is 0. The molecule has 0 aromatic rings. The van der Waals surface area contributed by atoms with E-state index in [-0.39, 0.29) is 10.5 Å². The van der Waals surface area contributed by atoms with Crippen molar-refractivity contribution in [3.8, 4) is 0 Å². The van der Waals surface area contributed by atoms with Gasteiger partial charge in [0, 0.05) is 27.1 Å². The van der Waals surface area contributed by atoms with E-state index in [1.54, 1.807) is 14.2 Å². The molecule has 3 nitrogen and oxygen atoms in total. The third kappa shape index (κ3) is 3.40. The summed E-state index contributed by atoms with van der Waals surface area (Å²) in [6.45, 7) is 18.5. The van der Waals surface area contributed by atoms with E-state index in [0.29, 0.717) is 12.0 Å². The first-order valence-electron chi connectivity index (χ1n) is 9.36. The monoisotopic (exact) mass is 354 g/mol. The molecule has 2 aliphatic rings. The SMILES string of the molecule is C=C1CC[C@H](O[Si](C)(C)C(C)(C)C)[C@@]2(C)CCC(OC)(OC)C[C@H]12. The molecular weight excluding hydrogens is 316 g/mol. The molecule has 0 radical (unpaired) electrons. The molecular formula is C20H38O3Si. The minimum atomic E-state index is -1.78. The number of ether oxygens (including phenoxy) is 2. The summed E-state index contributed by atoms with van der Waals surface area (Å²) >= 11 is 0. The van der Waals surface area contributed by atoms with Crippen molar-refractivity contribution in [2.75, 3.05) is 14.2 Å². The second kappa shape index (κ2) is 6.53. The molecule has 0 N–H and O–H groups in total. The fourth-order valence-electron chi connectivity index (χ4n) is 4.28. The Hall–Kier alpha value is -0.163. The van der Waals surface area contributed by atoms with Gasteiger partial charge >= 0.3 is 0 Å². The fourth-order valence-corrected chi connectivity index (χ4v) is 5.73. The molecule has 140 valence electrons. The number of fused-ring (bicyclic) bond motifs is 1. The van der Waals surface area contributed by atoms with E-state index < -0.39 is 14.1 Å². The first-order valence-corrected chi connectivity index (χ1v) is 12.3. The summed E-state index contributed by atoms with van der Waals surface area (Å²) in [5, 5.41) is 0.241. The first kappa shape index (κ1) is 20.2. The molecule has 0 spiro atoms. The lowest BCUT2D eigenvalue weighted by molar-refractivity contribution is -0.251. The van der Waals surface area contributed by atoms with Gasteiger partial charge in [0.2, 0.25) is 0 Å². The zero-order valence-corrected chi connectivity index (χ0v) is 18.1. The summed E-state index contributed by atoms with van der Waals surface area (Å²) in [6, 6.07) is 0. The molecule has 0 amide bonds. The van der Waals surface area contributed by atoms with Gasteiger partial charge < -0.3 is 13.9 Å². The van der Waals surface area contributed by atoms with Crippen LogP contribution in [0.5, 0.6) is 0 Å². The van der Waals surface area contributed by atoms with Gasteiger partial charge in [0.1, 0.15) is 0 Å². The average molecular weight is 355 g/mol. The lowest BCUT2D eigenvalue weighted by atomic mass is 9.56. The number of allylic oxidation sites excluding steroid dienone is 1. The van der Waals surface area contributed by atoms with E-state index in [1.807, 2.05) is 0 Å². The number of hydrogen-bond donors (Lipinski definition) is 0. The van der Waals surface area contributed by atoms with Crippen molar-refractivity contribution < 1.29 is 13.9 Å². The van der Waals surface area contributed by atoms with Gasteiger partial charge in [-0.25, -0.2) is 0 Å². The summed E-state index contributed by atoms with van der Waals surface area (Å²) in [5.41, 5.74) is 1.50. The minimum absolute atomic E-state index is 0.144. The lowest BCUT2D eigenvalue weighted by Gasteiger charge is -2.57. The predicted molar refractivity (Wildman–Crippen MR) is 103 cm³/mol. The van der Waals surface area contributed by atoms with Crippen molar-refractivity contribution in [1.82, 2.24) is 0 Å². The third-order valence-corrected chi connectivity index (χ3v) is 11.8. The highest BCUT2D eigenvalue weighted by molar-refractivity contribution is 6.74. The van der Waals surface area contributed by atoms with Crippen LogP contribution in [-0.2, 0) is 13.9 Å². The maximum atomic E-state index is 6.92. The van der Waals surface area contributed by atoms with Crippen LogP contribution in [0.4, 0.5) is 0 Å². The third-order valence-electron chi connectivity index (χ3n) is 7.30. The number of rotatable bonds is 4. The quantitative estimate of drug-likeness (QED) is 0.378. The molecule has 0 bridgehead atoms. The Morgan fingerprint density at radius 1 is 1.12 bits per heavy atom. The Morgan fingerprint density at radius 2 is 1.71 bits per heavy atom. The van der Waals surface area contributed by atoms with Crippen LogP contribution in [0.3, 0.4) is 0 Å². The largest absolute Gasteiger partial charge is 0.413 e. The molecule has 2 fully saturated rings. The van der Waals surface area contributed by atoms with E-state index in [1.165, 1.54) is 5.57 Å². The Balaban J connectivity index is 2.27. The normalized spacial score (nSPS) is 34.1. The minimum Gasteiger partial charge on any atom is -0.413 e. The number of hydrogen-bond acceptors (Lipinski definition) is 3. The summed E-state index contributed by atoms with van der Waals surface area (Å²) < 4.78 is 18.4. The van der Waals surface area contributed by atoms with Crippen LogP contribution in [0, 0.1) is 11.3 Å².